The van der Waals surface area contributed by atoms with Crippen LogP contribution in [0.1, 0.15) is 57.4 Å². The SMILES string of the molecule is CCNC(C)c1nnc(C2CCOC2CC)o1. The minimum atomic E-state index is 0.114. The summed E-state index contributed by atoms with van der Waals surface area (Å²) in [6.07, 6.45) is 2.21. The maximum absolute atomic E-state index is 5.75. The van der Waals surface area contributed by atoms with E-state index in [1.807, 2.05) is 6.92 Å². The van der Waals surface area contributed by atoms with Crippen molar-refractivity contribution in [2.75, 3.05) is 13.2 Å². The van der Waals surface area contributed by atoms with E-state index in [0.717, 1.165) is 31.9 Å². The fraction of sp³-hybridized carbons (Fsp3) is 0.833. The van der Waals surface area contributed by atoms with E-state index in [9.17, 15) is 0 Å². The molecule has 0 spiro atoms. The molecule has 1 N–H and O–H groups in total. The number of hydrogen-bond donors (Lipinski definition) is 1. The summed E-state index contributed by atoms with van der Waals surface area (Å²) in [4.78, 5) is 0. The molecule has 5 heteroatoms. The molecule has 0 amide bonds. The van der Waals surface area contributed by atoms with Crippen molar-refractivity contribution in [2.45, 2.75) is 51.7 Å². The molecule has 2 rings (SSSR count). The Morgan fingerprint density at radius 2 is 2.24 bits per heavy atom. The molecular weight excluding hydrogens is 218 g/mol. The van der Waals surface area contributed by atoms with Gasteiger partial charge in [-0.25, -0.2) is 0 Å². The van der Waals surface area contributed by atoms with Crippen LogP contribution in [0.4, 0.5) is 0 Å². The summed E-state index contributed by atoms with van der Waals surface area (Å²) in [7, 11) is 0. The Morgan fingerprint density at radius 3 is 2.94 bits per heavy atom. The van der Waals surface area contributed by atoms with E-state index in [1.165, 1.54) is 0 Å². The summed E-state index contributed by atoms with van der Waals surface area (Å²) in [5, 5.41) is 11.5. The van der Waals surface area contributed by atoms with Gasteiger partial charge in [0.2, 0.25) is 11.8 Å². The molecule has 1 saturated heterocycles. The number of ether oxygens (including phenoxy) is 1. The second-order valence-corrected chi connectivity index (χ2v) is 4.47. The zero-order valence-corrected chi connectivity index (χ0v) is 10.8. The lowest BCUT2D eigenvalue weighted by atomic mass is 10.00. The molecule has 0 bridgehead atoms. The minimum absolute atomic E-state index is 0.114. The van der Waals surface area contributed by atoms with Crippen molar-refractivity contribution < 1.29 is 9.15 Å². The van der Waals surface area contributed by atoms with E-state index < -0.39 is 0 Å². The molecule has 0 aromatic carbocycles. The Kier molecular flexibility index (Phi) is 4.12. The van der Waals surface area contributed by atoms with Gasteiger partial charge in [-0.1, -0.05) is 13.8 Å². The van der Waals surface area contributed by atoms with E-state index in [2.05, 4.69) is 29.4 Å². The summed E-state index contributed by atoms with van der Waals surface area (Å²) in [5.41, 5.74) is 0. The lowest BCUT2D eigenvalue weighted by Gasteiger charge is -2.12. The summed E-state index contributed by atoms with van der Waals surface area (Å²) in [5.74, 6) is 1.67. The molecule has 96 valence electrons. The fourth-order valence-electron chi connectivity index (χ4n) is 2.30. The molecule has 1 aliphatic rings. The highest BCUT2D eigenvalue weighted by molar-refractivity contribution is 4.99. The third-order valence-electron chi connectivity index (χ3n) is 3.27. The van der Waals surface area contributed by atoms with Gasteiger partial charge in [0.05, 0.1) is 18.1 Å². The van der Waals surface area contributed by atoms with Crippen LogP contribution in [0.2, 0.25) is 0 Å². The predicted octanol–water partition coefficient (Wildman–Crippen LogP) is 2.02. The Hall–Kier alpha value is -0.940. The van der Waals surface area contributed by atoms with Crippen LogP contribution in [0.25, 0.3) is 0 Å². The average molecular weight is 239 g/mol. The maximum atomic E-state index is 5.75. The van der Waals surface area contributed by atoms with Crippen LogP contribution in [0.5, 0.6) is 0 Å². The van der Waals surface area contributed by atoms with Crippen LogP contribution in [-0.2, 0) is 4.74 Å². The molecule has 1 fully saturated rings. The lowest BCUT2D eigenvalue weighted by Crippen LogP contribution is -2.18. The topological polar surface area (TPSA) is 60.2 Å². The third-order valence-corrected chi connectivity index (χ3v) is 3.27. The molecule has 17 heavy (non-hydrogen) atoms. The molecule has 0 radical (unpaired) electrons. The van der Waals surface area contributed by atoms with Crippen LogP contribution in [-0.4, -0.2) is 29.5 Å². The summed E-state index contributed by atoms with van der Waals surface area (Å²) in [6.45, 7) is 7.91. The van der Waals surface area contributed by atoms with Crippen molar-refractivity contribution in [3.63, 3.8) is 0 Å². The van der Waals surface area contributed by atoms with Gasteiger partial charge in [-0.2, -0.15) is 0 Å². The fourth-order valence-corrected chi connectivity index (χ4v) is 2.30. The van der Waals surface area contributed by atoms with Gasteiger partial charge in [0.1, 0.15) is 0 Å². The Morgan fingerprint density at radius 1 is 1.41 bits per heavy atom. The monoisotopic (exact) mass is 239 g/mol. The number of nitrogens with one attached hydrogen (secondary N) is 1. The van der Waals surface area contributed by atoms with E-state index in [1.54, 1.807) is 0 Å². The Bertz CT molecular complexity index is 353. The quantitative estimate of drug-likeness (QED) is 0.851. The number of rotatable bonds is 5. The van der Waals surface area contributed by atoms with Gasteiger partial charge in [-0.05, 0) is 26.3 Å². The molecule has 3 atom stereocenters. The molecule has 1 aromatic rings. The zero-order valence-electron chi connectivity index (χ0n) is 10.8. The summed E-state index contributed by atoms with van der Waals surface area (Å²) >= 11 is 0. The van der Waals surface area contributed by atoms with Crippen LogP contribution in [0.3, 0.4) is 0 Å². The first-order valence-corrected chi connectivity index (χ1v) is 6.44. The average Bonchev–Trinajstić information content (AvgIpc) is 2.97. The van der Waals surface area contributed by atoms with Crippen molar-refractivity contribution in [3.05, 3.63) is 11.8 Å². The van der Waals surface area contributed by atoms with Crippen LogP contribution in [0.15, 0.2) is 4.42 Å². The molecule has 3 unspecified atom stereocenters. The van der Waals surface area contributed by atoms with E-state index >= 15 is 0 Å². The van der Waals surface area contributed by atoms with Crippen molar-refractivity contribution in [1.29, 1.82) is 0 Å². The molecule has 2 heterocycles. The number of hydrogen-bond acceptors (Lipinski definition) is 5. The van der Waals surface area contributed by atoms with E-state index in [-0.39, 0.29) is 18.1 Å². The van der Waals surface area contributed by atoms with Gasteiger partial charge in [-0.15, -0.1) is 10.2 Å². The molecule has 1 aliphatic heterocycles. The van der Waals surface area contributed by atoms with E-state index in [4.69, 9.17) is 9.15 Å². The van der Waals surface area contributed by atoms with Gasteiger partial charge < -0.3 is 14.5 Å². The van der Waals surface area contributed by atoms with Crippen molar-refractivity contribution in [1.82, 2.24) is 15.5 Å². The second-order valence-electron chi connectivity index (χ2n) is 4.47. The first-order valence-electron chi connectivity index (χ1n) is 6.44. The second kappa shape index (κ2) is 5.60. The highest BCUT2D eigenvalue weighted by Crippen LogP contribution is 2.32. The van der Waals surface area contributed by atoms with Crippen LogP contribution < -0.4 is 5.32 Å². The third kappa shape index (κ3) is 2.66. The van der Waals surface area contributed by atoms with Gasteiger partial charge in [0, 0.05) is 6.61 Å². The Labute approximate surface area is 102 Å². The van der Waals surface area contributed by atoms with E-state index in [0.29, 0.717) is 5.89 Å². The first-order chi connectivity index (χ1) is 8.26. The normalized spacial score (nSPS) is 26.3. The highest BCUT2D eigenvalue weighted by atomic mass is 16.5. The molecular formula is C12H21N3O2. The first kappa shape index (κ1) is 12.5. The smallest absolute Gasteiger partial charge is 0.233 e. The standard InChI is InChI=1S/C12H21N3O2/c1-4-10-9(6-7-16-10)12-15-14-11(17-12)8(3)13-5-2/h8-10,13H,4-7H2,1-3H3. The van der Waals surface area contributed by atoms with Crippen molar-refractivity contribution >= 4 is 0 Å². The van der Waals surface area contributed by atoms with Crippen LogP contribution >= 0.6 is 0 Å². The Balaban J connectivity index is 2.07. The van der Waals surface area contributed by atoms with Crippen LogP contribution in [0, 0.1) is 0 Å². The minimum Gasteiger partial charge on any atom is -0.423 e. The van der Waals surface area contributed by atoms with Crippen molar-refractivity contribution in [2.24, 2.45) is 0 Å². The summed E-state index contributed by atoms with van der Waals surface area (Å²) in [6, 6.07) is 0.114. The molecule has 1 aromatic heterocycles. The molecule has 5 nitrogen and oxygen atoms in total. The van der Waals surface area contributed by atoms with Gasteiger partial charge in [0.15, 0.2) is 0 Å². The molecule has 0 saturated carbocycles. The largest absolute Gasteiger partial charge is 0.423 e. The number of aromatic nitrogens is 2. The predicted molar refractivity (Wildman–Crippen MR) is 63.8 cm³/mol. The maximum Gasteiger partial charge on any atom is 0.233 e. The number of nitrogens with zero attached hydrogens (tertiary/aromatic N) is 2. The van der Waals surface area contributed by atoms with Gasteiger partial charge >= 0.3 is 0 Å². The zero-order chi connectivity index (χ0) is 12.3. The van der Waals surface area contributed by atoms with Gasteiger partial charge in [0.25, 0.3) is 0 Å². The highest BCUT2D eigenvalue weighted by Gasteiger charge is 2.32. The molecule has 0 aliphatic carbocycles. The van der Waals surface area contributed by atoms with Crippen molar-refractivity contribution in [3.8, 4) is 0 Å². The lowest BCUT2D eigenvalue weighted by molar-refractivity contribution is 0.0961. The van der Waals surface area contributed by atoms with Gasteiger partial charge in [-0.3, -0.25) is 0 Å². The summed E-state index contributed by atoms with van der Waals surface area (Å²) < 4.78 is 11.4.